The summed E-state index contributed by atoms with van der Waals surface area (Å²) in [6.45, 7) is 7.57. The zero-order valence-corrected chi connectivity index (χ0v) is 29.9. The SMILES string of the molecule is CC1=CC23C(=O)C(C=C(COC(=O)c4ccc(Br)cc4)C(OC(=O)c4ccccc4)C2(O)C1OC(=O)c1ccccc1)C1C(CC3C)C1(C)C. The number of carbonyl (C=O) groups is 4. The van der Waals surface area contributed by atoms with Crippen LogP contribution in [-0.2, 0) is 19.0 Å². The van der Waals surface area contributed by atoms with Crippen molar-refractivity contribution < 1.29 is 38.5 Å². The molecule has 4 aliphatic rings. The lowest BCUT2D eigenvalue weighted by atomic mass is 9.59. The number of ether oxygens (including phenoxy) is 3. The zero-order chi connectivity index (χ0) is 35.6. The van der Waals surface area contributed by atoms with Crippen molar-refractivity contribution in [3.05, 3.63) is 129 Å². The van der Waals surface area contributed by atoms with E-state index in [0.717, 1.165) is 4.47 Å². The number of benzene rings is 3. The molecule has 3 aromatic carbocycles. The zero-order valence-electron chi connectivity index (χ0n) is 28.3. The summed E-state index contributed by atoms with van der Waals surface area (Å²) in [4.78, 5) is 56.2. The highest BCUT2D eigenvalue weighted by molar-refractivity contribution is 9.10. The molecule has 9 heteroatoms. The second-order valence-corrected chi connectivity index (χ2v) is 15.6. The van der Waals surface area contributed by atoms with Gasteiger partial charge in [0.2, 0.25) is 0 Å². The lowest BCUT2D eigenvalue weighted by Crippen LogP contribution is -2.66. The maximum absolute atomic E-state index is 15.2. The Morgan fingerprint density at radius 3 is 1.94 bits per heavy atom. The van der Waals surface area contributed by atoms with E-state index in [2.05, 4.69) is 29.8 Å². The largest absolute Gasteiger partial charge is 0.457 e. The van der Waals surface area contributed by atoms with E-state index in [1.807, 2.05) is 6.92 Å². The van der Waals surface area contributed by atoms with E-state index in [1.165, 1.54) is 0 Å². The summed E-state index contributed by atoms with van der Waals surface area (Å²) in [6, 6.07) is 23.4. The fraction of sp³-hybridized carbons (Fsp3) is 0.366. The number of rotatable bonds is 7. The van der Waals surface area contributed by atoms with Gasteiger partial charge in [0.25, 0.3) is 0 Å². The van der Waals surface area contributed by atoms with Gasteiger partial charge in [0.1, 0.15) is 6.61 Å². The van der Waals surface area contributed by atoms with Crippen molar-refractivity contribution in [2.24, 2.45) is 34.5 Å². The number of hydrogen-bond donors (Lipinski definition) is 1. The standard InChI is InChI=1S/C41H39BrO8/c1-23-21-40-24(2)19-31-32(39(31,3)4)30(33(40)43)20-28(22-48-36(44)27-15-17-29(42)18-16-27)35(50-38(46)26-13-9-6-10-14-26)41(40,47)34(23)49-37(45)25-11-7-5-8-12-25/h5-18,20-21,24,30-32,34-35,47H,19,22H2,1-4H3. The van der Waals surface area contributed by atoms with Crippen LogP contribution in [0.3, 0.4) is 0 Å². The Hall–Kier alpha value is -4.34. The van der Waals surface area contributed by atoms with Gasteiger partial charge < -0.3 is 19.3 Å². The summed E-state index contributed by atoms with van der Waals surface area (Å²) >= 11 is 3.38. The van der Waals surface area contributed by atoms with Gasteiger partial charge in [-0.15, -0.1) is 0 Å². The van der Waals surface area contributed by atoms with E-state index in [0.29, 0.717) is 17.6 Å². The molecule has 0 aromatic heterocycles. The highest BCUT2D eigenvalue weighted by Crippen LogP contribution is 2.72. The Morgan fingerprint density at radius 1 is 0.820 bits per heavy atom. The molecule has 3 aromatic rings. The third-order valence-electron chi connectivity index (χ3n) is 11.6. The van der Waals surface area contributed by atoms with Gasteiger partial charge in [-0.2, -0.15) is 0 Å². The summed E-state index contributed by atoms with van der Waals surface area (Å²) < 4.78 is 19.1. The normalized spacial score (nSPS) is 31.8. The fourth-order valence-corrected chi connectivity index (χ4v) is 9.31. The molecule has 0 saturated heterocycles. The smallest absolute Gasteiger partial charge is 0.338 e. The number of hydrogen-bond acceptors (Lipinski definition) is 8. The third kappa shape index (κ3) is 5.28. The fourth-order valence-electron chi connectivity index (χ4n) is 9.04. The lowest BCUT2D eigenvalue weighted by Gasteiger charge is -2.49. The minimum absolute atomic E-state index is 0.0542. The molecule has 2 fully saturated rings. The van der Waals surface area contributed by atoms with Crippen molar-refractivity contribution in [2.45, 2.75) is 51.9 Å². The van der Waals surface area contributed by atoms with Gasteiger partial charge >= 0.3 is 17.9 Å². The topological polar surface area (TPSA) is 116 Å². The number of halogens is 1. The van der Waals surface area contributed by atoms with Crippen LogP contribution in [0.15, 0.2) is 113 Å². The molecule has 4 aliphatic carbocycles. The van der Waals surface area contributed by atoms with Crippen LogP contribution in [0.5, 0.6) is 0 Å². The van der Waals surface area contributed by atoms with Crippen LogP contribution < -0.4 is 0 Å². The molecule has 8 unspecified atom stereocenters. The highest BCUT2D eigenvalue weighted by Gasteiger charge is 2.77. The minimum atomic E-state index is -2.28. The Kier molecular flexibility index (Phi) is 8.50. The maximum Gasteiger partial charge on any atom is 0.338 e. The van der Waals surface area contributed by atoms with Crippen molar-refractivity contribution in [3.8, 4) is 0 Å². The number of Topliss-reactive ketones (excluding diaryl/α,β-unsaturated/α-hetero) is 1. The molecule has 0 radical (unpaired) electrons. The van der Waals surface area contributed by atoms with Crippen molar-refractivity contribution >= 4 is 39.6 Å². The molecule has 0 heterocycles. The first-order valence-electron chi connectivity index (χ1n) is 16.9. The van der Waals surface area contributed by atoms with Gasteiger partial charge in [0, 0.05) is 16.0 Å². The van der Waals surface area contributed by atoms with Crippen LogP contribution in [-0.4, -0.2) is 53.2 Å². The monoisotopic (exact) mass is 738 g/mol. The van der Waals surface area contributed by atoms with Crippen LogP contribution in [0.4, 0.5) is 0 Å². The molecule has 8 atom stereocenters. The van der Waals surface area contributed by atoms with Crippen LogP contribution in [0.2, 0.25) is 0 Å². The van der Waals surface area contributed by atoms with Crippen molar-refractivity contribution in [3.63, 3.8) is 0 Å². The van der Waals surface area contributed by atoms with E-state index >= 15 is 4.79 Å². The Balaban J connectivity index is 1.38. The molecule has 8 nitrogen and oxygen atoms in total. The van der Waals surface area contributed by atoms with Gasteiger partial charge in [-0.05, 0) is 90.6 Å². The summed E-state index contributed by atoms with van der Waals surface area (Å²) in [6.07, 6.45) is 1.22. The van der Waals surface area contributed by atoms with Crippen LogP contribution in [0.25, 0.3) is 0 Å². The van der Waals surface area contributed by atoms with Gasteiger partial charge in [0.15, 0.2) is 23.6 Å². The molecule has 2 saturated carbocycles. The number of esters is 3. The van der Waals surface area contributed by atoms with Gasteiger partial charge in [-0.1, -0.05) is 85.3 Å². The predicted molar refractivity (Wildman–Crippen MR) is 188 cm³/mol. The molecule has 1 spiro atoms. The van der Waals surface area contributed by atoms with Gasteiger partial charge in [-0.25, -0.2) is 14.4 Å². The third-order valence-corrected chi connectivity index (χ3v) is 12.1. The summed E-state index contributed by atoms with van der Waals surface area (Å²) in [5, 5.41) is 13.5. The first-order valence-corrected chi connectivity index (χ1v) is 17.7. The summed E-state index contributed by atoms with van der Waals surface area (Å²) in [7, 11) is 0. The molecular formula is C41H39BrO8. The van der Waals surface area contributed by atoms with E-state index in [4.69, 9.17) is 14.2 Å². The molecular weight excluding hydrogens is 700 g/mol. The van der Waals surface area contributed by atoms with Crippen LogP contribution in [0, 0.1) is 34.5 Å². The summed E-state index contributed by atoms with van der Waals surface area (Å²) in [5.41, 5.74) is -2.54. The quantitative estimate of drug-likeness (QED) is 0.154. The van der Waals surface area contributed by atoms with E-state index in [1.54, 1.807) is 104 Å². The number of fused-ring (bicyclic) bond motifs is 3. The van der Waals surface area contributed by atoms with Crippen molar-refractivity contribution in [1.82, 2.24) is 0 Å². The molecule has 0 aliphatic heterocycles. The molecule has 0 amide bonds. The highest BCUT2D eigenvalue weighted by atomic mass is 79.9. The first kappa shape index (κ1) is 34.1. The van der Waals surface area contributed by atoms with E-state index < -0.39 is 53.0 Å². The first-order chi connectivity index (χ1) is 23.8. The average Bonchev–Trinajstić information content (AvgIpc) is 3.61. The number of aliphatic hydroxyl groups is 1. The maximum atomic E-state index is 15.2. The molecule has 2 bridgehead atoms. The minimum Gasteiger partial charge on any atom is -0.457 e. The Labute approximate surface area is 299 Å². The van der Waals surface area contributed by atoms with Gasteiger partial charge in [0.05, 0.1) is 22.1 Å². The number of allylic oxidation sites excluding steroid dienone is 1. The van der Waals surface area contributed by atoms with Crippen molar-refractivity contribution in [1.29, 1.82) is 0 Å². The Morgan fingerprint density at radius 2 is 1.36 bits per heavy atom. The number of ketones is 1. The summed E-state index contributed by atoms with van der Waals surface area (Å²) in [5.74, 6) is -3.28. The molecule has 1 N–H and O–H groups in total. The predicted octanol–water partition coefficient (Wildman–Crippen LogP) is 7.17. The number of carbonyl (C=O) groups excluding carboxylic acids is 4. The second-order valence-electron chi connectivity index (χ2n) is 14.7. The molecule has 258 valence electrons. The van der Waals surface area contributed by atoms with Crippen LogP contribution in [0.1, 0.15) is 65.2 Å². The van der Waals surface area contributed by atoms with Crippen molar-refractivity contribution in [2.75, 3.05) is 6.61 Å². The van der Waals surface area contributed by atoms with Crippen LogP contribution >= 0.6 is 15.9 Å². The van der Waals surface area contributed by atoms with Gasteiger partial charge in [-0.3, -0.25) is 4.79 Å². The average molecular weight is 740 g/mol. The lowest BCUT2D eigenvalue weighted by molar-refractivity contribution is -0.191. The second kappa shape index (κ2) is 12.5. The molecule has 7 rings (SSSR count). The van der Waals surface area contributed by atoms with E-state index in [9.17, 15) is 19.5 Å². The Bertz CT molecular complexity index is 1920. The molecule has 50 heavy (non-hydrogen) atoms. The van der Waals surface area contributed by atoms with E-state index in [-0.39, 0.29) is 46.3 Å².